The molecule has 0 saturated heterocycles. The average Bonchev–Trinajstić information content (AvgIpc) is 2.53. The van der Waals surface area contributed by atoms with Crippen molar-refractivity contribution in [3.8, 4) is 0 Å². The molecule has 0 atom stereocenters. The number of hydrogen-bond donors (Lipinski definition) is 1. The van der Waals surface area contributed by atoms with Gasteiger partial charge in [-0.2, -0.15) is 0 Å². The largest absolute Gasteiger partial charge is 0.354 e. The summed E-state index contributed by atoms with van der Waals surface area (Å²) in [5.74, 6) is -1.81. The van der Waals surface area contributed by atoms with E-state index in [-0.39, 0.29) is 36.5 Å². The van der Waals surface area contributed by atoms with Gasteiger partial charge in [-0.25, -0.2) is 8.78 Å². The number of rotatable bonds is 5. The quantitative estimate of drug-likeness (QED) is 0.905. The van der Waals surface area contributed by atoms with E-state index in [0.717, 1.165) is 37.8 Å². The van der Waals surface area contributed by atoms with Gasteiger partial charge in [0.2, 0.25) is 11.8 Å². The molecule has 1 aliphatic carbocycles. The molecule has 6 heteroatoms. The minimum Gasteiger partial charge on any atom is -0.354 e. The molecule has 1 fully saturated rings. The molecule has 0 unspecified atom stereocenters. The second kappa shape index (κ2) is 8.04. The number of nitrogens with one attached hydrogen (secondary N) is 1. The third-order valence-electron chi connectivity index (χ3n) is 4.19. The zero-order valence-electron chi connectivity index (χ0n) is 13.3. The first-order valence-electron chi connectivity index (χ1n) is 8.00. The summed E-state index contributed by atoms with van der Waals surface area (Å²) in [6.07, 6.45) is 5.10. The Balaban J connectivity index is 1.92. The predicted octanol–water partition coefficient (Wildman–Crippen LogP) is 3.01. The fourth-order valence-corrected chi connectivity index (χ4v) is 2.95. The van der Waals surface area contributed by atoms with E-state index in [0.29, 0.717) is 0 Å². The van der Waals surface area contributed by atoms with Crippen LogP contribution >= 0.6 is 0 Å². The second-order valence-corrected chi connectivity index (χ2v) is 5.89. The zero-order valence-corrected chi connectivity index (χ0v) is 13.3. The summed E-state index contributed by atoms with van der Waals surface area (Å²) in [5, 5.41) is 2.81. The molecule has 126 valence electrons. The molecular formula is C17H22F2N2O2. The molecule has 1 N–H and O–H groups in total. The number of hydrogen-bond acceptors (Lipinski definition) is 2. The molecule has 0 aromatic heterocycles. The average molecular weight is 324 g/mol. The Hall–Kier alpha value is -1.98. The van der Waals surface area contributed by atoms with Crippen molar-refractivity contribution in [3.05, 3.63) is 29.8 Å². The molecule has 0 aliphatic heterocycles. The van der Waals surface area contributed by atoms with E-state index < -0.39 is 11.6 Å². The monoisotopic (exact) mass is 324 g/mol. The highest BCUT2D eigenvalue weighted by Gasteiger charge is 2.21. The second-order valence-electron chi connectivity index (χ2n) is 5.89. The van der Waals surface area contributed by atoms with Gasteiger partial charge in [0.05, 0.1) is 5.69 Å². The normalized spacial score (nSPS) is 15.3. The molecule has 4 nitrogen and oxygen atoms in total. The molecule has 0 radical (unpaired) electrons. The Morgan fingerprint density at radius 1 is 1.22 bits per heavy atom. The van der Waals surface area contributed by atoms with Crippen LogP contribution in [0.3, 0.4) is 0 Å². The maximum atomic E-state index is 13.8. The topological polar surface area (TPSA) is 49.4 Å². The van der Waals surface area contributed by atoms with E-state index in [1.54, 1.807) is 0 Å². The van der Waals surface area contributed by atoms with E-state index in [2.05, 4.69) is 5.32 Å². The zero-order chi connectivity index (χ0) is 16.8. The van der Waals surface area contributed by atoms with Gasteiger partial charge < -0.3 is 10.2 Å². The van der Waals surface area contributed by atoms with E-state index in [4.69, 9.17) is 0 Å². The van der Waals surface area contributed by atoms with Gasteiger partial charge in [-0.15, -0.1) is 0 Å². The summed E-state index contributed by atoms with van der Waals surface area (Å²) >= 11 is 0. The van der Waals surface area contributed by atoms with Crippen LogP contribution in [0.4, 0.5) is 14.5 Å². The van der Waals surface area contributed by atoms with Crippen LogP contribution in [0.5, 0.6) is 0 Å². The Kier molecular flexibility index (Phi) is 6.07. The summed E-state index contributed by atoms with van der Waals surface area (Å²) in [7, 11) is 0. The van der Waals surface area contributed by atoms with Crippen molar-refractivity contribution in [1.82, 2.24) is 5.32 Å². The highest BCUT2D eigenvalue weighted by atomic mass is 19.1. The first-order valence-corrected chi connectivity index (χ1v) is 8.00. The van der Waals surface area contributed by atoms with Crippen molar-refractivity contribution in [1.29, 1.82) is 0 Å². The van der Waals surface area contributed by atoms with Gasteiger partial charge in [0.15, 0.2) is 0 Å². The molecule has 0 spiro atoms. The van der Waals surface area contributed by atoms with Gasteiger partial charge in [0.25, 0.3) is 0 Å². The summed E-state index contributed by atoms with van der Waals surface area (Å²) in [4.78, 5) is 25.0. The van der Waals surface area contributed by atoms with Crippen LogP contribution < -0.4 is 10.2 Å². The molecule has 0 heterocycles. The number of carbonyl (C=O) groups is 2. The van der Waals surface area contributed by atoms with Crippen LogP contribution in [-0.4, -0.2) is 24.9 Å². The third kappa shape index (κ3) is 4.74. The Labute approximate surface area is 134 Å². The minimum absolute atomic E-state index is 0.00669. The van der Waals surface area contributed by atoms with Crippen molar-refractivity contribution in [2.24, 2.45) is 5.92 Å². The fraction of sp³-hybridized carbons (Fsp3) is 0.529. The van der Waals surface area contributed by atoms with Crippen molar-refractivity contribution >= 4 is 17.5 Å². The molecule has 0 bridgehead atoms. The molecule has 1 aliphatic rings. The summed E-state index contributed by atoms with van der Waals surface area (Å²) in [6.45, 7) is 1.70. The number of nitrogens with zero attached hydrogens (tertiary/aromatic N) is 1. The van der Waals surface area contributed by atoms with Crippen molar-refractivity contribution in [3.63, 3.8) is 0 Å². The number of amides is 2. The summed E-state index contributed by atoms with van der Waals surface area (Å²) in [5.41, 5.74) is 0.0193. The number of benzene rings is 1. The molecular weight excluding hydrogens is 302 g/mol. The molecule has 1 saturated carbocycles. The molecule has 1 aromatic carbocycles. The van der Waals surface area contributed by atoms with Crippen LogP contribution in [0.1, 0.15) is 39.0 Å². The summed E-state index contributed by atoms with van der Waals surface area (Å²) < 4.78 is 26.8. The Morgan fingerprint density at radius 2 is 1.91 bits per heavy atom. The van der Waals surface area contributed by atoms with E-state index in [1.807, 2.05) is 0 Å². The number of halogens is 2. The Bertz CT molecular complexity index is 572. The lowest BCUT2D eigenvalue weighted by Crippen LogP contribution is -2.40. The van der Waals surface area contributed by atoms with Crippen LogP contribution in [0.2, 0.25) is 0 Å². The van der Waals surface area contributed by atoms with Gasteiger partial charge in [-0.05, 0) is 25.0 Å². The summed E-state index contributed by atoms with van der Waals surface area (Å²) in [6, 6.07) is 3.08. The lowest BCUT2D eigenvalue weighted by atomic mass is 9.89. The van der Waals surface area contributed by atoms with Gasteiger partial charge in [-0.3, -0.25) is 9.59 Å². The third-order valence-corrected chi connectivity index (χ3v) is 4.19. The van der Waals surface area contributed by atoms with Gasteiger partial charge >= 0.3 is 0 Å². The lowest BCUT2D eigenvalue weighted by molar-refractivity contribution is -0.126. The highest BCUT2D eigenvalue weighted by molar-refractivity contribution is 5.91. The van der Waals surface area contributed by atoms with Crippen LogP contribution in [0.15, 0.2) is 18.2 Å². The van der Waals surface area contributed by atoms with Crippen LogP contribution in [0, 0.1) is 17.6 Å². The highest BCUT2D eigenvalue weighted by Crippen LogP contribution is 2.23. The lowest BCUT2D eigenvalue weighted by Gasteiger charge is -2.24. The van der Waals surface area contributed by atoms with Gasteiger partial charge in [0.1, 0.15) is 11.6 Å². The fourth-order valence-electron chi connectivity index (χ4n) is 2.95. The van der Waals surface area contributed by atoms with Crippen molar-refractivity contribution < 1.29 is 18.4 Å². The molecule has 1 aromatic rings. The smallest absolute Gasteiger partial charge is 0.224 e. The molecule has 23 heavy (non-hydrogen) atoms. The predicted molar refractivity (Wildman–Crippen MR) is 84.0 cm³/mol. The van der Waals surface area contributed by atoms with Gasteiger partial charge in [0, 0.05) is 32.0 Å². The van der Waals surface area contributed by atoms with Crippen LogP contribution in [0.25, 0.3) is 0 Å². The minimum atomic E-state index is -0.793. The number of carbonyl (C=O) groups excluding carboxylic acids is 2. The first-order chi connectivity index (χ1) is 11.0. The standard InChI is InChI=1S/C17H22F2N2O2/c1-12(22)21(16-8-7-14(18)11-15(16)19)10-9-20-17(23)13-5-3-2-4-6-13/h7-8,11,13H,2-6,9-10H2,1H3,(H,20,23). The molecule has 2 rings (SSSR count). The van der Waals surface area contributed by atoms with Gasteiger partial charge in [-0.1, -0.05) is 19.3 Å². The first kappa shape index (κ1) is 17.4. The van der Waals surface area contributed by atoms with Crippen molar-refractivity contribution in [2.75, 3.05) is 18.0 Å². The van der Waals surface area contributed by atoms with E-state index >= 15 is 0 Å². The number of anilines is 1. The Morgan fingerprint density at radius 3 is 2.52 bits per heavy atom. The maximum Gasteiger partial charge on any atom is 0.224 e. The molecule has 2 amide bonds. The van der Waals surface area contributed by atoms with Crippen molar-refractivity contribution in [2.45, 2.75) is 39.0 Å². The maximum absolute atomic E-state index is 13.8. The van der Waals surface area contributed by atoms with Crippen LogP contribution in [-0.2, 0) is 9.59 Å². The SMILES string of the molecule is CC(=O)N(CCNC(=O)C1CCCCC1)c1ccc(F)cc1F. The van der Waals surface area contributed by atoms with E-state index in [1.165, 1.54) is 24.3 Å². The van der Waals surface area contributed by atoms with E-state index in [9.17, 15) is 18.4 Å².